The van der Waals surface area contributed by atoms with Crippen LogP contribution in [0.5, 0.6) is 0 Å². The van der Waals surface area contributed by atoms with Gasteiger partial charge in [0.2, 0.25) is 0 Å². The van der Waals surface area contributed by atoms with Crippen LogP contribution in [0.3, 0.4) is 0 Å². The van der Waals surface area contributed by atoms with Crippen molar-refractivity contribution in [2.45, 2.75) is 12.5 Å². The van der Waals surface area contributed by atoms with Crippen molar-refractivity contribution in [1.82, 2.24) is 15.2 Å². The van der Waals surface area contributed by atoms with Crippen molar-refractivity contribution in [2.24, 2.45) is 0 Å². The average molecular weight is 165 g/mol. The van der Waals surface area contributed by atoms with E-state index in [1.807, 2.05) is 0 Å². The average Bonchev–Trinajstić information content (AvgIpc) is 2.51. The summed E-state index contributed by atoms with van der Waals surface area (Å²) in [5.41, 5.74) is 0.736. The first kappa shape index (κ1) is 8.80. The molecule has 1 aromatic rings. The number of carboxylic acid groups (broad SMARTS) is 1. The SMILES string of the molecule is [B]N[C@@H](Cc1cnc[nH]1)C(=O)O. The molecule has 0 aliphatic rings. The molecular weight excluding hydrogens is 157 g/mol. The first-order valence-corrected chi connectivity index (χ1v) is 3.40. The largest absolute Gasteiger partial charge is 0.480 e. The van der Waals surface area contributed by atoms with Crippen LogP contribution in [-0.4, -0.2) is 35.1 Å². The molecule has 0 saturated heterocycles. The third kappa shape index (κ3) is 2.10. The van der Waals surface area contributed by atoms with Crippen LogP contribution in [-0.2, 0) is 11.2 Å². The third-order valence-corrected chi connectivity index (χ3v) is 1.48. The van der Waals surface area contributed by atoms with Crippen molar-refractivity contribution in [3.8, 4) is 0 Å². The van der Waals surface area contributed by atoms with Crippen LogP contribution in [0.1, 0.15) is 5.69 Å². The maximum Gasteiger partial charge on any atom is 0.320 e. The van der Waals surface area contributed by atoms with Crippen molar-refractivity contribution >= 4 is 14.0 Å². The number of nitrogens with one attached hydrogen (secondary N) is 2. The van der Waals surface area contributed by atoms with Crippen molar-refractivity contribution in [1.29, 1.82) is 0 Å². The predicted molar refractivity (Wildman–Crippen MR) is 42.6 cm³/mol. The molecule has 62 valence electrons. The Labute approximate surface area is 70.6 Å². The lowest BCUT2D eigenvalue weighted by molar-refractivity contribution is -0.138. The first-order chi connectivity index (χ1) is 5.74. The molecule has 1 aromatic heterocycles. The van der Waals surface area contributed by atoms with Crippen molar-refractivity contribution in [3.05, 3.63) is 18.2 Å². The van der Waals surface area contributed by atoms with E-state index < -0.39 is 12.0 Å². The summed E-state index contributed by atoms with van der Waals surface area (Å²) in [5.74, 6) is -0.980. The van der Waals surface area contributed by atoms with Gasteiger partial charge in [0.25, 0.3) is 0 Å². The maximum atomic E-state index is 10.5. The third-order valence-electron chi connectivity index (χ3n) is 1.48. The van der Waals surface area contributed by atoms with E-state index in [0.717, 1.165) is 5.69 Å². The van der Waals surface area contributed by atoms with Crippen LogP contribution in [0.15, 0.2) is 12.5 Å². The Kier molecular flexibility index (Phi) is 2.87. The lowest BCUT2D eigenvalue weighted by atomic mass is 10.1. The summed E-state index contributed by atoms with van der Waals surface area (Å²) in [7, 11) is 5.03. The summed E-state index contributed by atoms with van der Waals surface area (Å²) < 4.78 is 0. The molecule has 0 amide bonds. The fourth-order valence-corrected chi connectivity index (χ4v) is 0.834. The molecule has 1 atom stereocenters. The van der Waals surface area contributed by atoms with Gasteiger partial charge in [0.1, 0.15) is 6.04 Å². The number of rotatable bonds is 4. The van der Waals surface area contributed by atoms with Crippen LogP contribution >= 0.6 is 0 Å². The number of aliphatic carboxylic acids is 1. The monoisotopic (exact) mass is 165 g/mol. The molecule has 1 heterocycles. The standard InChI is InChI=1S/C6H8BN3O2/c7-10-5(6(11)12)1-4-2-8-3-9-4/h2-3,5,10H,1H2,(H,8,9)(H,11,12)/t5-/m0/s1. The number of carbonyl (C=O) groups is 1. The molecule has 3 N–H and O–H groups in total. The molecule has 0 unspecified atom stereocenters. The number of H-pyrrole nitrogens is 1. The molecule has 0 aromatic carbocycles. The molecule has 0 aliphatic carbocycles. The molecule has 1 rings (SSSR count). The number of imidazole rings is 1. The zero-order valence-corrected chi connectivity index (χ0v) is 6.32. The second-order valence-corrected chi connectivity index (χ2v) is 2.34. The lowest BCUT2D eigenvalue weighted by Gasteiger charge is -2.08. The first-order valence-electron chi connectivity index (χ1n) is 3.40. The summed E-state index contributed by atoms with van der Waals surface area (Å²) in [5, 5.41) is 10.8. The number of aromatic amines is 1. The van der Waals surface area contributed by atoms with Gasteiger partial charge in [-0.15, -0.1) is 0 Å². The number of nitrogens with zero attached hydrogens (tertiary/aromatic N) is 1. The summed E-state index contributed by atoms with van der Waals surface area (Å²) in [6.07, 6.45) is 3.35. The van der Waals surface area contributed by atoms with Crippen molar-refractivity contribution in [3.63, 3.8) is 0 Å². The molecule has 5 nitrogen and oxygen atoms in total. The van der Waals surface area contributed by atoms with Gasteiger partial charge in [-0.2, -0.15) is 0 Å². The van der Waals surface area contributed by atoms with E-state index in [-0.39, 0.29) is 0 Å². The van der Waals surface area contributed by atoms with Gasteiger partial charge >= 0.3 is 5.97 Å². The zero-order valence-electron chi connectivity index (χ0n) is 6.32. The second-order valence-electron chi connectivity index (χ2n) is 2.34. The molecule has 0 aliphatic heterocycles. The highest BCUT2D eigenvalue weighted by Gasteiger charge is 2.14. The fourth-order valence-electron chi connectivity index (χ4n) is 0.834. The highest BCUT2D eigenvalue weighted by atomic mass is 16.4. The summed E-state index contributed by atoms with van der Waals surface area (Å²) in [6, 6.07) is -0.773. The van der Waals surface area contributed by atoms with Gasteiger partial charge in [-0.05, 0) is 0 Å². The minimum absolute atomic E-state index is 0.297. The smallest absolute Gasteiger partial charge is 0.320 e. The molecule has 0 bridgehead atoms. The molecule has 0 fully saturated rings. The highest BCUT2D eigenvalue weighted by Crippen LogP contribution is 1.97. The number of hydrogen-bond acceptors (Lipinski definition) is 3. The van der Waals surface area contributed by atoms with Gasteiger partial charge in [-0.25, -0.2) is 4.98 Å². The lowest BCUT2D eigenvalue weighted by Crippen LogP contribution is -2.36. The zero-order chi connectivity index (χ0) is 8.97. The quantitative estimate of drug-likeness (QED) is 0.504. The van der Waals surface area contributed by atoms with Crippen LogP contribution < -0.4 is 5.23 Å². The minimum atomic E-state index is -0.980. The van der Waals surface area contributed by atoms with Gasteiger partial charge in [-0.3, -0.25) is 4.79 Å². The van der Waals surface area contributed by atoms with Crippen LogP contribution in [0.2, 0.25) is 0 Å². The van der Waals surface area contributed by atoms with E-state index in [0.29, 0.717) is 6.42 Å². The summed E-state index contributed by atoms with van der Waals surface area (Å²) >= 11 is 0. The summed E-state index contributed by atoms with van der Waals surface area (Å²) in [4.78, 5) is 17.0. The van der Waals surface area contributed by atoms with Gasteiger partial charge < -0.3 is 15.3 Å². The Bertz CT molecular complexity index is 249. The number of aromatic nitrogens is 2. The topological polar surface area (TPSA) is 78.0 Å². The van der Waals surface area contributed by atoms with Crippen molar-refractivity contribution in [2.75, 3.05) is 0 Å². The van der Waals surface area contributed by atoms with E-state index in [1.165, 1.54) is 6.33 Å². The number of carboxylic acids is 1. The van der Waals surface area contributed by atoms with Crippen LogP contribution in [0.25, 0.3) is 0 Å². The van der Waals surface area contributed by atoms with E-state index in [1.54, 1.807) is 6.20 Å². The Balaban J connectivity index is 2.54. The fraction of sp³-hybridized carbons (Fsp3) is 0.333. The van der Waals surface area contributed by atoms with E-state index in [2.05, 4.69) is 15.2 Å². The Morgan fingerprint density at radius 3 is 3.08 bits per heavy atom. The molecule has 0 spiro atoms. The maximum absolute atomic E-state index is 10.5. The normalized spacial score (nSPS) is 12.7. The minimum Gasteiger partial charge on any atom is -0.480 e. The summed E-state index contributed by atoms with van der Waals surface area (Å²) in [6.45, 7) is 0. The molecule has 12 heavy (non-hydrogen) atoms. The Morgan fingerprint density at radius 2 is 2.67 bits per heavy atom. The predicted octanol–water partition coefficient (Wildman–Crippen LogP) is -0.922. The van der Waals surface area contributed by atoms with E-state index in [9.17, 15) is 4.79 Å². The highest BCUT2D eigenvalue weighted by molar-refractivity contribution is 6.06. The van der Waals surface area contributed by atoms with Crippen LogP contribution in [0.4, 0.5) is 0 Å². The van der Waals surface area contributed by atoms with Gasteiger partial charge in [0, 0.05) is 18.3 Å². The molecule has 2 radical (unpaired) electrons. The van der Waals surface area contributed by atoms with Gasteiger partial charge in [-0.1, -0.05) is 0 Å². The Hall–Kier alpha value is -1.30. The second kappa shape index (κ2) is 3.92. The Morgan fingerprint density at radius 1 is 1.92 bits per heavy atom. The van der Waals surface area contributed by atoms with Gasteiger partial charge in [0.05, 0.1) is 6.33 Å². The molecule has 6 heteroatoms. The van der Waals surface area contributed by atoms with E-state index in [4.69, 9.17) is 13.1 Å². The van der Waals surface area contributed by atoms with Crippen molar-refractivity contribution < 1.29 is 9.90 Å². The molecule has 0 saturated carbocycles. The molecular formula is C6H8BN3O2. The number of hydrogen-bond donors (Lipinski definition) is 3. The van der Waals surface area contributed by atoms with E-state index >= 15 is 0 Å². The van der Waals surface area contributed by atoms with Crippen LogP contribution in [0, 0.1) is 0 Å². The van der Waals surface area contributed by atoms with Gasteiger partial charge in [0.15, 0.2) is 7.98 Å².